The summed E-state index contributed by atoms with van der Waals surface area (Å²) in [5.41, 5.74) is 1.61. The van der Waals surface area contributed by atoms with Gasteiger partial charge >= 0.3 is 0 Å². The molecule has 4 rings (SSSR count). The molecule has 0 unspecified atom stereocenters. The minimum atomic E-state index is -0.543. The van der Waals surface area contributed by atoms with Crippen LogP contribution in [0.15, 0.2) is 28.7 Å². The summed E-state index contributed by atoms with van der Waals surface area (Å²) >= 11 is 9.59. The molecule has 0 spiro atoms. The van der Waals surface area contributed by atoms with E-state index in [0.29, 0.717) is 40.8 Å². The van der Waals surface area contributed by atoms with E-state index in [1.807, 2.05) is 0 Å². The van der Waals surface area contributed by atoms with E-state index >= 15 is 0 Å². The molecule has 9 heteroatoms. The summed E-state index contributed by atoms with van der Waals surface area (Å²) in [4.78, 5) is 18.1. The maximum Gasteiger partial charge on any atom is 0.219 e. The van der Waals surface area contributed by atoms with Crippen LogP contribution >= 0.6 is 27.5 Å². The summed E-state index contributed by atoms with van der Waals surface area (Å²) in [6, 6.07) is 5.91. The number of aromatic nitrogens is 2. The van der Waals surface area contributed by atoms with Crippen LogP contribution in [0.5, 0.6) is 0 Å². The van der Waals surface area contributed by atoms with Crippen LogP contribution in [0.3, 0.4) is 0 Å². The highest BCUT2D eigenvalue weighted by Crippen LogP contribution is 2.35. The third-order valence-corrected chi connectivity index (χ3v) is 5.99. The van der Waals surface area contributed by atoms with Gasteiger partial charge in [0.05, 0.1) is 40.9 Å². The number of benzene rings is 2. The lowest BCUT2D eigenvalue weighted by Gasteiger charge is -2.32. The Bertz CT molecular complexity index is 1130. The first kappa shape index (κ1) is 21.2. The normalized spacial score (nSPS) is 17.0. The molecule has 1 atom stereocenters. The highest BCUT2D eigenvalue weighted by atomic mass is 79.9. The Hall–Kier alpha value is -2.03. The second-order valence-corrected chi connectivity index (χ2v) is 8.66. The van der Waals surface area contributed by atoms with E-state index in [1.165, 1.54) is 19.1 Å². The smallest absolute Gasteiger partial charge is 0.219 e. The second-order valence-electron chi connectivity index (χ2n) is 7.34. The zero-order chi connectivity index (χ0) is 21.6. The number of nitrogens with zero attached hydrogens (tertiary/aromatic N) is 3. The van der Waals surface area contributed by atoms with Crippen LogP contribution < -0.4 is 0 Å². The molecule has 0 aliphatic carbocycles. The predicted molar refractivity (Wildman–Crippen MR) is 115 cm³/mol. The van der Waals surface area contributed by atoms with Gasteiger partial charge in [-0.05, 0) is 30.7 Å². The Morgan fingerprint density at radius 1 is 1.30 bits per heavy atom. The lowest BCUT2D eigenvalue weighted by molar-refractivity contribution is -0.136. The van der Waals surface area contributed by atoms with Crippen molar-refractivity contribution in [3.63, 3.8) is 0 Å². The van der Waals surface area contributed by atoms with Crippen molar-refractivity contribution in [3.05, 3.63) is 51.0 Å². The predicted octanol–water partition coefficient (Wildman–Crippen LogP) is 4.95. The number of morpholine rings is 1. The summed E-state index contributed by atoms with van der Waals surface area (Å²) < 4.78 is 37.3. The molecule has 2 aromatic carbocycles. The van der Waals surface area contributed by atoms with Crippen LogP contribution in [0.2, 0.25) is 5.02 Å². The number of carbonyl (C=O) groups excluding carboxylic acids is 1. The lowest BCUT2D eigenvalue weighted by atomic mass is 10.2. The first-order valence-corrected chi connectivity index (χ1v) is 10.6. The average molecular weight is 499 g/mol. The zero-order valence-electron chi connectivity index (χ0n) is 16.4. The molecular formula is C21H19BrClF2N3O2. The zero-order valence-corrected chi connectivity index (χ0v) is 18.7. The first-order valence-electron chi connectivity index (χ1n) is 9.43. The SMILES string of the molecule is CC(=O)N1CCO[C@@H](Cn2c(-c3c(F)cc(Br)cc3Cl)nc3cc(C)c(F)cc32)C1. The van der Waals surface area contributed by atoms with E-state index < -0.39 is 5.82 Å². The molecule has 0 bridgehead atoms. The van der Waals surface area contributed by atoms with Gasteiger partial charge in [0, 0.05) is 30.6 Å². The molecule has 1 amide bonds. The Balaban J connectivity index is 1.86. The molecule has 0 saturated carbocycles. The molecule has 5 nitrogen and oxygen atoms in total. The van der Waals surface area contributed by atoms with Crippen LogP contribution in [0.25, 0.3) is 22.4 Å². The van der Waals surface area contributed by atoms with Crippen LogP contribution in [0, 0.1) is 18.6 Å². The maximum atomic E-state index is 14.9. The number of ether oxygens (including phenoxy) is 1. The average Bonchev–Trinajstić information content (AvgIpc) is 2.98. The molecule has 1 aliphatic rings. The first-order chi connectivity index (χ1) is 14.2. The maximum absolute atomic E-state index is 14.9. The number of fused-ring (bicyclic) bond motifs is 1. The van der Waals surface area contributed by atoms with Gasteiger partial charge in [-0.25, -0.2) is 13.8 Å². The fraction of sp³-hybridized carbons (Fsp3) is 0.333. The summed E-state index contributed by atoms with van der Waals surface area (Å²) in [6.07, 6.45) is -0.347. The Labute approximate surface area is 185 Å². The molecule has 2 heterocycles. The molecule has 1 saturated heterocycles. The highest BCUT2D eigenvalue weighted by molar-refractivity contribution is 9.10. The fourth-order valence-electron chi connectivity index (χ4n) is 3.70. The van der Waals surface area contributed by atoms with Crippen molar-refractivity contribution in [1.82, 2.24) is 14.5 Å². The van der Waals surface area contributed by atoms with Gasteiger partial charge in [0.25, 0.3) is 0 Å². The van der Waals surface area contributed by atoms with Crippen LogP contribution in [-0.4, -0.2) is 46.2 Å². The van der Waals surface area contributed by atoms with Gasteiger partial charge in [-0.3, -0.25) is 4.79 Å². The van der Waals surface area contributed by atoms with E-state index in [1.54, 1.807) is 28.5 Å². The van der Waals surface area contributed by atoms with E-state index in [4.69, 9.17) is 16.3 Å². The van der Waals surface area contributed by atoms with Crippen molar-refractivity contribution >= 4 is 44.5 Å². The number of imidazole rings is 1. The number of rotatable bonds is 3. The van der Waals surface area contributed by atoms with Gasteiger partial charge in [-0.15, -0.1) is 0 Å². The third-order valence-electron chi connectivity index (χ3n) is 5.23. The van der Waals surface area contributed by atoms with E-state index in [-0.39, 0.29) is 40.8 Å². The second kappa shape index (κ2) is 8.24. The Morgan fingerprint density at radius 2 is 2.07 bits per heavy atom. The quantitative estimate of drug-likeness (QED) is 0.513. The molecule has 1 aromatic heterocycles. The van der Waals surface area contributed by atoms with Crippen molar-refractivity contribution in [1.29, 1.82) is 0 Å². The summed E-state index contributed by atoms with van der Waals surface area (Å²) in [5, 5.41) is 0.186. The van der Waals surface area contributed by atoms with Crippen molar-refractivity contribution in [2.24, 2.45) is 0 Å². The van der Waals surface area contributed by atoms with E-state index in [0.717, 1.165) is 0 Å². The van der Waals surface area contributed by atoms with Gasteiger partial charge in [0.1, 0.15) is 17.5 Å². The monoisotopic (exact) mass is 497 g/mol. The standard InChI is InChI=1S/C21H19BrClF2N3O2/c1-11-5-18-19(8-16(11)24)28(10-14-9-27(12(2)29)3-4-30-14)21(26-18)20-15(23)6-13(22)7-17(20)25/h5-8,14H,3-4,9-10H2,1-2H3/t14-/m1/s1. The molecule has 3 aromatic rings. The van der Waals surface area contributed by atoms with Crippen molar-refractivity contribution < 1.29 is 18.3 Å². The van der Waals surface area contributed by atoms with E-state index in [9.17, 15) is 13.6 Å². The lowest BCUT2D eigenvalue weighted by Crippen LogP contribution is -2.46. The molecule has 0 radical (unpaired) electrons. The van der Waals surface area contributed by atoms with Gasteiger partial charge in [0.15, 0.2) is 0 Å². The van der Waals surface area contributed by atoms with Gasteiger partial charge in [-0.2, -0.15) is 0 Å². The summed E-state index contributed by atoms with van der Waals surface area (Å²) in [5.74, 6) is -0.679. The van der Waals surface area contributed by atoms with E-state index in [2.05, 4.69) is 20.9 Å². The summed E-state index contributed by atoms with van der Waals surface area (Å²) in [6.45, 7) is 4.73. The minimum absolute atomic E-state index is 0.0392. The van der Waals surface area contributed by atoms with Crippen LogP contribution in [0.1, 0.15) is 12.5 Å². The van der Waals surface area contributed by atoms with Crippen LogP contribution in [-0.2, 0) is 16.1 Å². The summed E-state index contributed by atoms with van der Waals surface area (Å²) in [7, 11) is 0. The fourth-order valence-corrected chi connectivity index (χ4v) is 4.56. The Morgan fingerprint density at radius 3 is 2.77 bits per heavy atom. The molecule has 30 heavy (non-hydrogen) atoms. The molecular weight excluding hydrogens is 480 g/mol. The minimum Gasteiger partial charge on any atom is -0.373 e. The highest BCUT2D eigenvalue weighted by Gasteiger charge is 2.26. The number of halogens is 4. The largest absolute Gasteiger partial charge is 0.373 e. The number of amides is 1. The number of hydrogen-bond donors (Lipinski definition) is 0. The van der Waals surface area contributed by atoms with Crippen molar-refractivity contribution in [2.75, 3.05) is 19.7 Å². The van der Waals surface area contributed by atoms with Gasteiger partial charge < -0.3 is 14.2 Å². The molecule has 1 fully saturated rings. The number of aryl methyl sites for hydroxylation is 1. The third kappa shape index (κ3) is 3.96. The molecule has 1 aliphatic heterocycles. The number of hydrogen-bond acceptors (Lipinski definition) is 3. The van der Waals surface area contributed by atoms with Gasteiger partial charge in [-0.1, -0.05) is 27.5 Å². The van der Waals surface area contributed by atoms with Crippen molar-refractivity contribution in [2.45, 2.75) is 26.5 Å². The molecule has 158 valence electrons. The van der Waals surface area contributed by atoms with Crippen LogP contribution in [0.4, 0.5) is 8.78 Å². The Kier molecular flexibility index (Phi) is 5.83. The number of carbonyl (C=O) groups is 1. The van der Waals surface area contributed by atoms with Crippen molar-refractivity contribution in [3.8, 4) is 11.4 Å². The van der Waals surface area contributed by atoms with Gasteiger partial charge in [0.2, 0.25) is 5.91 Å². The molecule has 0 N–H and O–H groups in total. The topological polar surface area (TPSA) is 47.4 Å².